The van der Waals surface area contributed by atoms with Gasteiger partial charge in [-0.15, -0.1) is 0 Å². The van der Waals surface area contributed by atoms with E-state index in [4.69, 9.17) is 9.47 Å². The van der Waals surface area contributed by atoms with Gasteiger partial charge in [0.15, 0.2) is 0 Å². The van der Waals surface area contributed by atoms with Crippen LogP contribution in [0.5, 0.6) is 0 Å². The van der Waals surface area contributed by atoms with Gasteiger partial charge < -0.3 is 9.47 Å². The molecule has 0 bridgehead atoms. The summed E-state index contributed by atoms with van der Waals surface area (Å²) in [6, 6.07) is 0. The molecule has 16 heavy (non-hydrogen) atoms. The molecule has 4 heteroatoms. The van der Waals surface area contributed by atoms with Crippen molar-refractivity contribution in [1.29, 1.82) is 0 Å². The fraction of sp³-hybridized carbons (Fsp3) is 0.500. The smallest absolute Gasteiger partial charge is 0.307 e. The van der Waals surface area contributed by atoms with Gasteiger partial charge >= 0.3 is 11.9 Å². The van der Waals surface area contributed by atoms with Gasteiger partial charge in [0.1, 0.15) is 11.5 Å². The molecule has 0 spiro atoms. The van der Waals surface area contributed by atoms with Crippen LogP contribution in [0.15, 0.2) is 23.7 Å². The van der Waals surface area contributed by atoms with Crippen LogP contribution in [0, 0.1) is 0 Å². The molecule has 1 aliphatic carbocycles. The molecule has 0 aromatic rings. The second-order valence-electron chi connectivity index (χ2n) is 2.95. The molecule has 0 aliphatic heterocycles. The Morgan fingerprint density at radius 3 is 1.44 bits per heavy atom. The minimum Gasteiger partial charge on any atom is -0.431 e. The van der Waals surface area contributed by atoms with Crippen LogP contribution in [0.1, 0.15) is 40.5 Å². The molecule has 0 amide bonds. The van der Waals surface area contributed by atoms with Crippen molar-refractivity contribution in [2.45, 2.75) is 40.5 Å². The SMILES string of the molecule is CC.CC(=O)OC1=CC=C(OC(C)=O)CC1. The molecule has 0 unspecified atom stereocenters. The number of hydrogen-bond donors (Lipinski definition) is 0. The Morgan fingerprint density at radius 2 is 1.25 bits per heavy atom. The normalized spacial score (nSPS) is 13.8. The standard InChI is InChI=1S/C10H12O4.C2H6/c1-7(11)13-9-3-5-10(6-4-9)14-8(2)12;1-2/h3,5H,4,6H2,1-2H3;1-2H3. The predicted octanol–water partition coefficient (Wildman–Crippen LogP) is 2.70. The summed E-state index contributed by atoms with van der Waals surface area (Å²) < 4.78 is 9.76. The van der Waals surface area contributed by atoms with Crippen molar-refractivity contribution in [2.24, 2.45) is 0 Å². The van der Waals surface area contributed by atoms with E-state index in [1.54, 1.807) is 12.2 Å². The van der Waals surface area contributed by atoms with Crippen molar-refractivity contribution in [3.8, 4) is 0 Å². The molecule has 0 saturated carbocycles. The lowest BCUT2D eigenvalue weighted by molar-refractivity contribution is -0.139. The third-order valence-corrected chi connectivity index (χ3v) is 1.62. The third-order valence-electron chi connectivity index (χ3n) is 1.62. The average molecular weight is 226 g/mol. The molecule has 90 valence electrons. The number of hydrogen-bond acceptors (Lipinski definition) is 4. The van der Waals surface area contributed by atoms with Gasteiger partial charge in [-0.1, -0.05) is 13.8 Å². The number of carbonyl (C=O) groups excluding carboxylic acids is 2. The van der Waals surface area contributed by atoms with E-state index in [9.17, 15) is 9.59 Å². The quantitative estimate of drug-likeness (QED) is 0.679. The highest BCUT2D eigenvalue weighted by Crippen LogP contribution is 2.20. The van der Waals surface area contributed by atoms with E-state index in [0.29, 0.717) is 24.4 Å². The largest absolute Gasteiger partial charge is 0.431 e. The molecule has 0 atom stereocenters. The topological polar surface area (TPSA) is 52.6 Å². The summed E-state index contributed by atoms with van der Waals surface area (Å²) in [5.74, 6) is 0.544. The molecular formula is C12H18O4. The summed E-state index contributed by atoms with van der Waals surface area (Å²) in [4.78, 5) is 21.2. The minimum atomic E-state index is -0.333. The van der Waals surface area contributed by atoms with Crippen LogP contribution in [-0.2, 0) is 19.1 Å². The number of esters is 2. The van der Waals surface area contributed by atoms with Crippen LogP contribution in [0.3, 0.4) is 0 Å². The van der Waals surface area contributed by atoms with Crippen molar-refractivity contribution >= 4 is 11.9 Å². The molecule has 0 aromatic carbocycles. The van der Waals surface area contributed by atoms with E-state index < -0.39 is 0 Å². The van der Waals surface area contributed by atoms with Crippen molar-refractivity contribution in [3.63, 3.8) is 0 Å². The molecule has 0 fully saturated rings. The van der Waals surface area contributed by atoms with Gasteiger partial charge in [0.25, 0.3) is 0 Å². The predicted molar refractivity (Wildman–Crippen MR) is 60.3 cm³/mol. The monoisotopic (exact) mass is 226 g/mol. The molecular weight excluding hydrogens is 208 g/mol. The Bertz CT molecular complexity index is 281. The Morgan fingerprint density at radius 1 is 0.938 bits per heavy atom. The van der Waals surface area contributed by atoms with E-state index in [0.717, 1.165) is 0 Å². The number of carbonyl (C=O) groups is 2. The minimum absolute atomic E-state index is 0.333. The van der Waals surface area contributed by atoms with Gasteiger partial charge in [0, 0.05) is 26.7 Å². The Labute approximate surface area is 95.9 Å². The van der Waals surface area contributed by atoms with Crippen LogP contribution >= 0.6 is 0 Å². The molecule has 1 aliphatic rings. The fourth-order valence-corrected chi connectivity index (χ4v) is 1.14. The lowest BCUT2D eigenvalue weighted by Gasteiger charge is -2.12. The van der Waals surface area contributed by atoms with Gasteiger partial charge in [-0.2, -0.15) is 0 Å². The van der Waals surface area contributed by atoms with E-state index in [-0.39, 0.29) is 11.9 Å². The molecule has 4 nitrogen and oxygen atoms in total. The number of ether oxygens (including phenoxy) is 2. The van der Waals surface area contributed by atoms with Crippen LogP contribution in [0.2, 0.25) is 0 Å². The summed E-state index contributed by atoms with van der Waals surface area (Å²) in [5, 5.41) is 0. The van der Waals surface area contributed by atoms with Gasteiger partial charge in [-0.25, -0.2) is 0 Å². The Balaban J connectivity index is 0.00000106. The number of rotatable bonds is 2. The van der Waals surface area contributed by atoms with Gasteiger partial charge in [-0.05, 0) is 12.2 Å². The second kappa shape index (κ2) is 7.68. The van der Waals surface area contributed by atoms with E-state index >= 15 is 0 Å². The molecule has 0 aromatic heterocycles. The van der Waals surface area contributed by atoms with Gasteiger partial charge in [0.2, 0.25) is 0 Å². The lowest BCUT2D eigenvalue weighted by atomic mass is 10.1. The first-order valence-corrected chi connectivity index (χ1v) is 5.34. The summed E-state index contributed by atoms with van der Waals surface area (Å²) in [5.41, 5.74) is 0. The molecule has 0 saturated heterocycles. The Hall–Kier alpha value is -1.58. The molecule has 0 heterocycles. The van der Waals surface area contributed by atoms with Gasteiger partial charge in [0.05, 0.1) is 0 Å². The van der Waals surface area contributed by atoms with Crippen molar-refractivity contribution in [2.75, 3.05) is 0 Å². The summed E-state index contributed by atoms with van der Waals surface area (Å²) in [7, 11) is 0. The maximum atomic E-state index is 10.6. The maximum absolute atomic E-state index is 10.6. The van der Waals surface area contributed by atoms with Crippen LogP contribution in [0.25, 0.3) is 0 Å². The van der Waals surface area contributed by atoms with E-state index in [1.807, 2.05) is 13.8 Å². The third kappa shape index (κ3) is 6.01. The van der Waals surface area contributed by atoms with E-state index in [1.165, 1.54) is 13.8 Å². The van der Waals surface area contributed by atoms with Crippen LogP contribution in [0.4, 0.5) is 0 Å². The first-order valence-electron chi connectivity index (χ1n) is 5.34. The molecule has 0 radical (unpaired) electrons. The molecule has 1 rings (SSSR count). The highest BCUT2D eigenvalue weighted by molar-refractivity contribution is 5.68. The summed E-state index contributed by atoms with van der Waals surface area (Å²) in [6.45, 7) is 6.71. The Kier molecular flexibility index (Phi) is 6.92. The van der Waals surface area contributed by atoms with Crippen LogP contribution < -0.4 is 0 Å². The van der Waals surface area contributed by atoms with Crippen molar-refractivity contribution < 1.29 is 19.1 Å². The molecule has 0 N–H and O–H groups in total. The van der Waals surface area contributed by atoms with Crippen molar-refractivity contribution in [3.05, 3.63) is 23.7 Å². The summed E-state index contributed by atoms with van der Waals surface area (Å²) in [6.07, 6.45) is 4.45. The van der Waals surface area contributed by atoms with Crippen LogP contribution in [-0.4, -0.2) is 11.9 Å². The zero-order valence-corrected chi connectivity index (χ0v) is 10.2. The lowest BCUT2D eigenvalue weighted by Crippen LogP contribution is -2.05. The maximum Gasteiger partial charge on any atom is 0.307 e. The highest BCUT2D eigenvalue weighted by Gasteiger charge is 2.11. The average Bonchev–Trinajstić information content (AvgIpc) is 2.22. The first kappa shape index (κ1) is 14.4. The first-order chi connectivity index (χ1) is 7.58. The number of allylic oxidation sites excluding steroid dienone is 4. The fourth-order valence-electron chi connectivity index (χ4n) is 1.14. The highest BCUT2D eigenvalue weighted by atomic mass is 16.5. The van der Waals surface area contributed by atoms with E-state index in [2.05, 4.69) is 0 Å². The van der Waals surface area contributed by atoms with Gasteiger partial charge in [-0.3, -0.25) is 9.59 Å². The summed E-state index contributed by atoms with van der Waals surface area (Å²) >= 11 is 0. The van der Waals surface area contributed by atoms with Crippen molar-refractivity contribution in [1.82, 2.24) is 0 Å². The second-order valence-corrected chi connectivity index (χ2v) is 2.95. The zero-order valence-electron chi connectivity index (χ0n) is 10.2. The zero-order chi connectivity index (χ0) is 12.6.